The van der Waals surface area contributed by atoms with Gasteiger partial charge in [-0.05, 0) is 48.7 Å². The molecule has 0 radical (unpaired) electrons. The van der Waals surface area contributed by atoms with Gasteiger partial charge in [0.05, 0.1) is 24.7 Å². The minimum atomic E-state index is -3.74. The van der Waals surface area contributed by atoms with Crippen molar-refractivity contribution in [3.05, 3.63) is 95.0 Å². The van der Waals surface area contributed by atoms with E-state index in [1.165, 1.54) is 4.31 Å². The zero-order valence-corrected chi connectivity index (χ0v) is 23.2. The van der Waals surface area contributed by atoms with Crippen LogP contribution in [0.4, 0.5) is 0 Å². The molecule has 4 rings (SSSR count). The van der Waals surface area contributed by atoms with E-state index in [-0.39, 0.29) is 23.8 Å². The molecule has 1 saturated heterocycles. The molecule has 1 aliphatic rings. The number of para-hydroxylation sites is 1. The number of sulfonamides is 1. The van der Waals surface area contributed by atoms with Gasteiger partial charge in [-0.3, -0.25) is 4.90 Å². The van der Waals surface area contributed by atoms with Gasteiger partial charge < -0.3 is 9.47 Å². The first kappa shape index (κ1) is 29.4. The van der Waals surface area contributed by atoms with Crippen molar-refractivity contribution in [2.24, 2.45) is 0 Å². The maximum Gasteiger partial charge on any atom is 0.243 e. The van der Waals surface area contributed by atoms with Crippen LogP contribution in [0, 0.1) is 0 Å². The molecule has 0 saturated carbocycles. The van der Waals surface area contributed by atoms with Crippen LogP contribution in [0.25, 0.3) is 0 Å². The van der Waals surface area contributed by atoms with E-state index in [4.69, 9.17) is 21.1 Å². The molecule has 37 heavy (non-hydrogen) atoms. The topological polar surface area (TPSA) is 59.1 Å². The summed E-state index contributed by atoms with van der Waals surface area (Å²) in [6.07, 6.45) is 1.51. The molecule has 0 unspecified atom stereocenters. The SMILES string of the molecule is Cl.O=S(=O)(c1ccc(Cl)cc1)N(CCc1ccccc1)Cc1ccccc1OCCCN1CCOCC1. The molecular formula is C28H34Cl2N2O4S. The smallest absolute Gasteiger partial charge is 0.243 e. The summed E-state index contributed by atoms with van der Waals surface area (Å²) in [6.45, 7) is 5.57. The first-order valence-electron chi connectivity index (χ1n) is 12.3. The fourth-order valence-corrected chi connectivity index (χ4v) is 5.74. The fourth-order valence-electron chi connectivity index (χ4n) is 4.20. The molecule has 9 heteroatoms. The summed E-state index contributed by atoms with van der Waals surface area (Å²) in [7, 11) is -3.74. The molecule has 6 nitrogen and oxygen atoms in total. The number of halogens is 2. The molecule has 3 aromatic carbocycles. The fraction of sp³-hybridized carbons (Fsp3) is 0.357. The van der Waals surface area contributed by atoms with Crippen LogP contribution in [0.2, 0.25) is 5.02 Å². The highest BCUT2D eigenvalue weighted by Crippen LogP contribution is 2.25. The van der Waals surface area contributed by atoms with E-state index in [1.54, 1.807) is 24.3 Å². The van der Waals surface area contributed by atoms with Gasteiger partial charge in [0.15, 0.2) is 0 Å². The minimum Gasteiger partial charge on any atom is -0.493 e. The highest BCUT2D eigenvalue weighted by molar-refractivity contribution is 7.89. The third-order valence-corrected chi connectivity index (χ3v) is 8.35. The van der Waals surface area contributed by atoms with Gasteiger partial charge >= 0.3 is 0 Å². The van der Waals surface area contributed by atoms with Crippen molar-refractivity contribution >= 4 is 34.0 Å². The van der Waals surface area contributed by atoms with Crippen molar-refractivity contribution < 1.29 is 17.9 Å². The van der Waals surface area contributed by atoms with Gasteiger partial charge in [-0.1, -0.05) is 60.1 Å². The lowest BCUT2D eigenvalue weighted by molar-refractivity contribution is 0.0357. The Morgan fingerprint density at radius 3 is 2.32 bits per heavy atom. The van der Waals surface area contributed by atoms with Crippen LogP contribution < -0.4 is 4.74 Å². The lowest BCUT2D eigenvalue weighted by Gasteiger charge is -2.26. The monoisotopic (exact) mass is 564 g/mol. The Morgan fingerprint density at radius 2 is 1.59 bits per heavy atom. The summed E-state index contributed by atoms with van der Waals surface area (Å²) in [6, 6.07) is 23.9. The van der Waals surface area contributed by atoms with E-state index in [1.807, 2.05) is 54.6 Å². The quantitative estimate of drug-likeness (QED) is 0.279. The van der Waals surface area contributed by atoms with Crippen molar-refractivity contribution in [2.45, 2.75) is 24.3 Å². The Balaban J connectivity index is 0.00000380. The van der Waals surface area contributed by atoms with E-state index in [0.29, 0.717) is 24.6 Å². The van der Waals surface area contributed by atoms with Gasteiger partial charge in [0, 0.05) is 43.3 Å². The second kappa shape index (κ2) is 14.7. The lowest BCUT2D eigenvalue weighted by Crippen LogP contribution is -2.37. The van der Waals surface area contributed by atoms with E-state index in [9.17, 15) is 8.42 Å². The average Bonchev–Trinajstić information content (AvgIpc) is 2.91. The molecule has 1 heterocycles. The summed E-state index contributed by atoms with van der Waals surface area (Å²) in [5.74, 6) is 0.718. The zero-order chi connectivity index (χ0) is 25.2. The summed E-state index contributed by atoms with van der Waals surface area (Å²) in [5, 5.41) is 0.501. The van der Waals surface area contributed by atoms with Crippen LogP contribution in [0.15, 0.2) is 83.8 Å². The van der Waals surface area contributed by atoms with Crippen LogP contribution in [0.1, 0.15) is 17.5 Å². The standard InChI is InChI=1S/C28H33ClN2O4S.ClH/c29-26-11-13-27(14-12-26)36(32,33)31(17-15-24-7-2-1-3-8-24)23-25-9-4-5-10-28(25)35-20-6-16-30-18-21-34-22-19-30;/h1-5,7-14H,6,15-23H2;1H. The largest absolute Gasteiger partial charge is 0.493 e. The Bertz CT molecular complexity index is 1190. The molecule has 0 aromatic heterocycles. The predicted molar refractivity (Wildman–Crippen MR) is 150 cm³/mol. The third kappa shape index (κ3) is 8.70. The number of morpholine rings is 1. The molecule has 0 bridgehead atoms. The molecular weight excluding hydrogens is 531 g/mol. The molecule has 1 fully saturated rings. The van der Waals surface area contributed by atoms with Gasteiger partial charge in [-0.2, -0.15) is 4.31 Å². The summed E-state index contributed by atoms with van der Waals surface area (Å²) in [4.78, 5) is 2.60. The Morgan fingerprint density at radius 1 is 0.919 bits per heavy atom. The lowest BCUT2D eigenvalue weighted by atomic mass is 10.1. The number of rotatable bonds is 12. The van der Waals surface area contributed by atoms with Gasteiger partial charge in [0.25, 0.3) is 0 Å². The second-order valence-electron chi connectivity index (χ2n) is 8.79. The Hall–Kier alpha value is -2.13. The van der Waals surface area contributed by atoms with Crippen molar-refractivity contribution in [3.8, 4) is 5.75 Å². The van der Waals surface area contributed by atoms with Gasteiger partial charge in [-0.25, -0.2) is 8.42 Å². The highest BCUT2D eigenvalue weighted by Gasteiger charge is 2.25. The molecule has 0 atom stereocenters. The molecule has 0 spiro atoms. The van der Waals surface area contributed by atoms with E-state index in [0.717, 1.165) is 56.1 Å². The maximum atomic E-state index is 13.6. The van der Waals surface area contributed by atoms with Crippen LogP contribution in [0.3, 0.4) is 0 Å². The van der Waals surface area contributed by atoms with E-state index < -0.39 is 10.0 Å². The number of ether oxygens (including phenoxy) is 2. The van der Waals surface area contributed by atoms with Crippen LogP contribution >= 0.6 is 24.0 Å². The number of hydrogen-bond acceptors (Lipinski definition) is 5. The number of hydrogen-bond donors (Lipinski definition) is 0. The summed E-state index contributed by atoms with van der Waals surface area (Å²) < 4.78 is 40.3. The van der Waals surface area contributed by atoms with Crippen LogP contribution in [-0.2, 0) is 27.7 Å². The summed E-state index contributed by atoms with van der Waals surface area (Å²) in [5.41, 5.74) is 1.93. The molecule has 0 N–H and O–H groups in total. The highest BCUT2D eigenvalue weighted by atomic mass is 35.5. The third-order valence-electron chi connectivity index (χ3n) is 6.24. The summed E-state index contributed by atoms with van der Waals surface area (Å²) >= 11 is 6.01. The van der Waals surface area contributed by atoms with Crippen molar-refractivity contribution in [1.29, 1.82) is 0 Å². The first-order chi connectivity index (χ1) is 17.5. The molecule has 0 aliphatic carbocycles. The molecule has 1 aliphatic heterocycles. The van der Waals surface area contributed by atoms with Gasteiger partial charge in [-0.15, -0.1) is 12.4 Å². The Labute approximate surface area is 231 Å². The number of benzene rings is 3. The minimum absolute atomic E-state index is 0. The van der Waals surface area contributed by atoms with Crippen LogP contribution in [-0.4, -0.2) is 63.6 Å². The molecule has 3 aromatic rings. The Kier molecular flexibility index (Phi) is 11.7. The first-order valence-corrected chi connectivity index (χ1v) is 14.1. The number of nitrogens with zero attached hydrogens (tertiary/aromatic N) is 2. The predicted octanol–water partition coefficient (Wildman–Crippen LogP) is 5.30. The normalized spacial score (nSPS) is 14.3. The van der Waals surface area contributed by atoms with Crippen molar-refractivity contribution in [3.63, 3.8) is 0 Å². The van der Waals surface area contributed by atoms with Gasteiger partial charge in [0.1, 0.15) is 5.75 Å². The van der Waals surface area contributed by atoms with Crippen molar-refractivity contribution in [1.82, 2.24) is 9.21 Å². The van der Waals surface area contributed by atoms with E-state index >= 15 is 0 Å². The molecule has 0 amide bonds. The maximum absolute atomic E-state index is 13.6. The van der Waals surface area contributed by atoms with Gasteiger partial charge in [0.2, 0.25) is 10.0 Å². The van der Waals surface area contributed by atoms with Crippen molar-refractivity contribution in [2.75, 3.05) is 46.0 Å². The molecule has 200 valence electrons. The van der Waals surface area contributed by atoms with E-state index in [2.05, 4.69) is 4.90 Å². The average molecular weight is 566 g/mol. The van der Waals surface area contributed by atoms with Crippen LogP contribution in [0.5, 0.6) is 5.75 Å². The second-order valence-corrected chi connectivity index (χ2v) is 11.2. The zero-order valence-electron chi connectivity index (χ0n) is 20.8.